The maximum Gasteiger partial charge on any atom is 0.139 e. The maximum absolute atomic E-state index is 6.59. The summed E-state index contributed by atoms with van der Waals surface area (Å²) < 4.78 is 6.59. The smallest absolute Gasteiger partial charge is 0.139 e. The van der Waals surface area contributed by atoms with E-state index in [9.17, 15) is 0 Å². The fourth-order valence-corrected chi connectivity index (χ4v) is 6.37. The van der Waals surface area contributed by atoms with Crippen molar-refractivity contribution in [1.82, 2.24) is 0 Å². The van der Waals surface area contributed by atoms with E-state index in [2.05, 4.69) is 125 Å². The molecule has 0 atom stereocenters. The summed E-state index contributed by atoms with van der Waals surface area (Å²) >= 11 is 0. The van der Waals surface area contributed by atoms with Crippen LogP contribution >= 0.6 is 0 Å². The van der Waals surface area contributed by atoms with E-state index < -0.39 is 0 Å². The van der Waals surface area contributed by atoms with Gasteiger partial charge in [0.1, 0.15) is 11.5 Å². The summed E-state index contributed by atoms with van der Waals surface area (Å²) in [5.41, 5.74) is 10.2. The van der Waals surface area contributed by atoms with Crippen LogP contribution in [0.4, 0.5) is 0 Å². The first-order valence-corrected chi connectivity index (χ1v) is 12.5. The Morgan fingerprint density at radius 1 is 0.543 bits per heavy atom. The number of fused-ring (bicyclic) bond motifs is 7. The highest BCUT2D eigenvalue weighted by atomic mass is 16.5. The van der Waals surface area contributed by atoms with Gasteiger partial charge in [0.05, 0.1) is 0 Å². The zero-order valence-electron chi connectivity index (χ0n) is 20.6. The van der Waals surface area contributed by atoms with Crippen LogP contribution in [0.1, 0.15) is 49.9 Å². The minimum Gasteiger partial charge on any atom is -0.456 e. The molecule has 1 heterocycles. The summed E-state index contributed by atoms with van der Waals surface area (Å²) in [4.78, 5) is 0. The quantitative estimate of drug-likeness (QED) is 0.246. The molecule has 1 heteroatoms. The summed E-state index contributed by atoms with van der Waals surface area (Å²) in [5, 5.41) is 2.63. The highest BCUT2D eigenvalue weighted by molar-refractivity contribution is 6.02. The Balaban J connectivity index is 1.44. The minimum absolute atomic E-state index is 0.0632. The molecule has 5 aromatic carbocycles. The fourth-order valence-electron chi connectivity index (χ4n) is 6.37. The number of hydrogen-bond acceptors (Lipinski definition) is 1. The molecule has 1 aliphatic heterocycles. The lowest BCUT2D eigenvalue weighted by Gasteiger charge is -2.35. The van der Waals surface area contributed by atoms with Crippen LogP contribution < -0.4 is 4.74 Å². The van der Waals surface area contributed by atoms with Gasteiger partial charge in [-0.25, -0.2) is 0 Å². The second-order valence-electron chi connectivity index (χ2n) is 11.0. The van der Waals surface area contributed by atoms with Crippen LogP contribution in [-0.2, 0) is 10.8 Å². The average molecular weight is 453 g/mol. The van der Waals surface area contributed by atoms with Gasteiger partial charge in [-0.1, -0.05) is 113 Å². The van der Waals surface area contributed by atoms with Crippen molar-refractivity contribution in [3.8, 4) is 33.8 Å². The third-order valence-corrected chi connectivity index (χ3v) is 8.34. The predicted octanol–water partition coefficient (Wildman–Crippen LogP) is 9.24. The molecule has 0 fully saturated rings. The highest BCUT2D eigenvalue weighted by Crippen LogP contribution is 2.54. The summed E-state index contributed by atoms with van der Waals surface area (Å²) in [6.07, 6.45) is 0. The molecule has 1 nitrogen and oxygen atoms in total. The zero-order chi connectivity index (χ0) is 23.9. The van der Waals surface area contributed by atoms with Crippen molar-refractivity contribution < 1.29 is 4.74 Å². The molecule has 0 radical (unpaired) electrons. The molecular weight excluding hydrogens is 424 g/mol. The summed E-state index contributed by atoms with van der Waals surface area (Å²) in [5.74, 6) is 1.94. The number of ether oxygens (including phenoxy) is 1. The van der Waals surface area contributed by atoms with Crippen molar-refractivity contribution >= 4 is 10.8 Å². The van der Waals surface area contributed by atoms with Gasteiger partial charge in [-0.15, -0.1) is 0 Å². The Morgan fingerprint density at radius 2 is 1.29 bits per heavy atom. The SMILES string of the molecule is CC1(C)c2ccccc2Oc2c(-c3ccc4c(c3)C(C)(C)c3ccc5ccccc5c3-4)cccc21. The molecule has 1 aliphatic carbocycles. The Hall–Kier alpha value is -3.84. The maximum atomic E-state index is 6.59. The van der Waals surface area contributed by atoms with E-state index in [1.54, 1.807) is 0 Å². The van der Waals surface area contributed by atoms with Crippen LogP contribution in [0, 0.1) is 0 Å². The van der Waals surface area contributed by atoms with Crippen molar-refractivity contribution in [1.29, 1.82) is 0 Å². The molecule has 2 aliphatic rings. The molecule has 0 spiro atoms. The van der Waals surface area contributed by atoms with Gasteiger partial charge in [-0.05, 0) is 50.7 Å². The van der Waals surface area contributed by atoms with Gasteiger partial charge in [0.15, 0.2) is 0 Å². The molecule has 0 N–H and O–H groups in total. The molecule has 0 bridgehead atoms. The Labute approximate surface area is 207 Å². The van der Waals surface area contributed by atoms with E-state index in [-0.39, 0.29) is 10.8 Å². The number of para-hydroxylation sites is 2. The molecular formula is C34H28O. The van der Waals surface area contributed by atoms with Crippen LogP contribution in [0.25, 0.3) is 33.0 Å². The summed E-state index contributed by atoms with van der Waals surface area (Å²) in [6, 6.07) is 35.4. The van der Waals surface area contributed by atoms with Crippen molar-refractivity contribution in [2.75, 3.05) is 0 Å². The van der Waals surface area contributed by atoms with Crippen LogP contribution in [0.5, 0.6) is 11.5 Å². The minimum atomic E-state index is -0.120. The molecule has 170 valence electrons. The van der Waals surface area contributed by atoms with Crippen LogP contribution in [-0.4, -0.2) is 0 Å². The van der Waals surface area contributed by atoms with E-state index in [1.807, 2.05) is 0 Å². The lowest BCUT2D eigenvalue weighted by Crippen LogP contribution is -2.24. The predicted molar refractivity (Wildman–Crippen MR) is 146 cm³/mol. The Bertz CT molecular complexity index is 1670. The summed E-state index contributed by atoms with van der Waals surface area (Å²) in [6.45, 7) is 9.30. The van der Waals surface area contributed by atoms with Gasteiger partial charge in [-0.3, -0.25) is 0 Å². The number of hydrogen-bond donors (Lipinski definition) is 0. The van der Waals surface area contributed by atoms with Gasteiger partial charge in [0.25, 0.3) is 0 Å². The number of rotatable bonds is 1. The van der Waals surface area contributed by atoms with Crippen molar-refractivity contribution in [3.05, 3.63) is 119 Å². The Morgan fingerprint density at radius 3 is 2.17 bits per heavy atom. The molecule has 0 saturated heterocycles. The third kappa shape index (κ3) is 2.70. The second-order valence-corrected chi connectivity index (χ2v) is 11.0. The topological polar surface area (TPSA) is 9.23 Å². The lowest BCUT2D eigenvalue weighted by atomic mass is 9.74. The molecule has 0 aromatic heterocycles. The highest BCUT2D eigenvalue weighted by Gasteiger charge is 2.38. The largest absolute Gasteiger partial charge is 0.456 e. The van der Waals surface area contributed by atoms with E-state index in [0.717, 1.165) is 17.1 Å². The fraction of sp³-hybridized carbons (Fsp3) is 0.176. The molecule has 7 rings (SSSR count). The number of benzene rings is 5. The van der Waals surface area contributed by atoms with Crippen LogP contribution in [0.2, 0.25) is 0 Å². The van der Waals surface area contributed by atoms with Crippen LogP contribution in [0.3, 0.4) is 0 Å². The van der Waals surface area contributed by atoms with E-state index in [0.29, 0.717) is 0 Å². The van der Waals surface area contributed by atoms with Crippen molar-refractivity contribution in [2.24, 2.45) is 0 Å². The van der Waals surface area contributed by atoms with Crippen molar-refractivity contribution in [3.63, 3.8) is 0 Å². The van der Waals surface area contributed by atoms with Gasteiger partial charge in [0.2, 0.25) is 0 Å². The standard InChI is InChI=1S/C34H28O/c1-33(2)26-13-7-8-15-30(26)35-32-24(12-9-14-28(32)33)22-16-18-25-29(20-22)34(3,4)27-19-17-21-10-5-6-11-23(21)31(25)27/h5-20H,1-4H3. The first kappa shape index (κ1) is 20.5. The first-order valence-electron chi connectivity index (χ1n) is 12.5. The zero-order valence-corrected chi connectivity index (χ0v) is 20.6. The lowest BCUT2D eigenvalue weighted by molar-refractivity contribution is 0.419. The van der Waals surface area contributed by atoms with Crippen molar-refractivity contribution in [2.45, 2.75) is 38.5 Å². The molecule has 0 amide bonds. The van der Waals surface area contributed by atoms with Gasteiger partial charge in [0, 0.05) is 27.5 Å². The van der Waals surface area contributed by atoms with E-state index in [1.165, 1.54) is 49.7 Å². The molecule has 0 saturated carbocycles. The first-order chi connectivity index (χ1) is 16.9. The summed E-state index contributed by atoms with van der Waals surface area (Å²) in [7, 11) is 0. The van der Waals surface area contributed by atoms with Gasteiger partial charge < -0.3 is 4.74 Å². The normalized spacial score (nSPS) is 16.1. The van der Waals surface area contributed by atoms with Gasteiger partial charge >= 0.3 is 0 Å². The molecule has 35 heavy (non-hydrogen) atoms. The monoisotopic (exact) mass is 452 g/mol. The third-order valence-electron chi connectivity index (χ3n) is 8.34. The van der Waals surface area contributed by atoms with Crippen LogP contribution in [0.15, 0.2) is 97.1 Å². The Kier molecular flexibility index (Phi) is 4.02. The van der Waals surface area contributed by atoms with Gasteiger partial charge in [-0.2, -0.15) is 0 Å². The molecule has 0 unspecified atom stereocenters. The van der Waals surface area contributed by atoms with E-state index in [4.69, 9.17) is 4.74 Å². The molecule has 5 aromatic rings. The average Bonchev–Trinajstić information content (AvgIpc) is 3.10. The second kappa shape index (κ2) is 6.86. The van der Waals surface area contributed by atoms with E-state index >= 15 is 0 Å².